The molecule has 0 aliphatic heterocycles. The lowest BCUT2D eigenvalue weighted by molar-refractivity contribution is 0.0943. The minimum absolute atomic E-state index is 0.189. The maximum atomic E-state index is 12.1. The molecule has 0 radical (unpaired) electrons. The van der Waals surface area contributed by atoms with Crippen molar-refractivity contribution in [1.82, 2.24) is 16.2 Å². The van der Waals surface area contributed by atoms with Crippen molar-refractivity contribution in [1.29, 1.82) is 0 Å². The van der Waals surface area contributed by atoms with E-state index in [1.165, 1.54) is 31.2 Å². The zero-order chi connectivity index (χ0) is 17.8. The molecule has 0 aliphatic carbocycles. The number of hydrogen-bond acceptors (Lipinski definition) is 3. The van der Waals surface area contributed by atoms with E-state index in [1.54, 1.807) is 11.8 Å². The van der Waals surface area contributed by atoms with Gasteiger partial charge >= 0.3 is 0 Å². The summed E-state index contributed by atoms with van der Waals surface area (Å²) >= 11 is 6.95. The third-order valence-electron chi connectivity index (χ3n) is 3.73. The molecule has 6 heteroatoms. The van der Waals surface area contributed by atoms with E-state index in [9.17, 15) is 4.79 Å². The van der Waals surface area contributed by atoms with Gasteiger partial charge in [0.05, 0.1) is 0 Å². The molecule has 1 rings (SSSR count). The fourth-order valence-electron chi connectivity index (χ4n) is 2.26. The van der Waals surface area contributed by atoms with E-state index in [4.69, 9.17) is 12.2 Å². The second-order valence-electron chi connectivity index (χ2n) is 6.02. The quantitative estimate of drug-likeness (QED) is 0.351. The van der Waals surface area contributed by atoms with Gasteiger partial charge in [-0.2, -0.15) is 11.8 Å². The first-order valence-corrected chi connectivity index (χ1v) is 10.3. The Kier molecular flexibility index (Phi) is 10.5. The van der Waals surface area contributed by atoms with E-state index in [2.05, 4.69) is 36.3 Å². The largest absolute Gasteiger partial charge is 0.361 e. The van der Waals surface area contributed by atoms with Crippen LogP contribution in [0, 0.1) is 5.92 Å². The van der Waals surface area contributed by atoms with E-state index in [-0.39, 0.29) is 5.91 Å². The highest BCUT2D eigenvalue weighted by Crippen LogP contribution is 2.10. The van der Waals surface area contributed by atoms with Crippen molar-refractivity contribution < 1.29 is 4.79 Å². The predicted octanol–water partition coefficient (Wildman–Crippen LogP) is 3.87. The second-order valence-corrected chi connectivity index (χ2v) is 7.29. The van der Waals surface area contributed by atoms with Crippen molar-refractivity contribution in [2.45, 2.75) is 45.3 Å². The number of amides is 1. The average Bonchev–Trinajstić information content (AvgIpc) is 2.59. The summed E-state index contributed by atoms with van der Waals surface area (Å²) in [5, 5.41) is 3.59. The SMILES string of the molecule is CCCCC[C@H](C)CNC(=S)NNC(=O)c1ccc(CSC)cc1. The topological polar surface area (TPSA) is 53.2 Å². The zero-order valence-corrected chi connectivity index (χ0v) is 16.5. The van der Waals surface area contributed by atoms with Crippen LogP contribution in [0.5, 0.6) is 0 Å². The van der Waals surface area contributed by atoms with Crippen LogP contribution in [-0.4, -0.2) is 23.8 Å². The number of benzene rings is 1. The first kappa shape index (κ1) is 20.8. The van der Waals surface area contributed by atoms with Crippen LogP contribution in [0.1, 0.15) is 55.5 Å². The highest BCUT2D eigenvalue weighted by atomic mass is 32.2. The summed E-state index contributed by atoms with van der Waals surface area (Å²) in [6.45, 7) is 5.23. The molecule has 24 heavy (non-hydrogen) atoms. The average molecular weight is 368 g/mol. The van der Waals surface area contributed by atoms with E-state index in [1.807, 2.05) is 24.3 Å². The summed E-state index contributed by atoms with van der Waals surface area (Å²) in [6.07, 6.45) is 7.02. The number of hydrazine groups is 1. The van der Waals surface area contributed by atoms with Crippen LogP contribution in [0.2, 0.25) is 0 Å². The Balaban J connectivity index is 2.26. The van der Waals surface area contributed by atoms with Gasteiger partial charge < -0.3 is 5.32 Å². The van der Waals surface area contributed by atoms with Gasteiger partial charge in [0, 0.05) is 17.9 Å². The fourth-order valence-corrected chi connectivity index (χ4v) is 2.92. The lowest BCUT2D eigenvalue weighted by atomic mass is 10.0. The molecule has 1 amide bonds. The van der Waals surface area contributed by atoms with Gasteiger partial charge in [-0.05, 0) is 48.5 Å². The Morgan fingerprint density at radius 3 is 2.54 bits per heavy atom. The Hall–Kier alpha value is -1.27. The number of unbranched alkanes of at least 4 members (excludes halogenated alkanes) is 2. The molecular formula is C18H29N3OS2. The van der Waals surface area contributed by atoms with Gasteiger partial charge in [0.15, 0.2) is 5.11 Å². The van der Waals surface area contributed by atoms with Crippen molar-refractivity contribution in [3.8, 4) is 0 Å². The first-order valence-electron chi connectivity index (χ1n) is 8.48. The summed E-state index contributed by atoms with van der Waals surface area (Å²) in [4.78, 5) is 12.1. The summed E-state index contributed by atoms with van der Waals surface area (Å²) in [5.74, 6) is 1.33. The van der Waals surface area contributed by atoms with E-state index in [0.29, 0.717) is 16.6 Å². The number of rotatable bonds is 9. The second kappa shape index (κ2) is 12.1. The molecule has 0 fully saturated rings. The lowest BCUT2D eigenvalue weighted by Gasteiger charge is -2.15. The molecule has 1 atom stereocenters. The number of hydrogen-bond donors (Lipinski definition) is 3. The van der Waals surface area contributed by atoms with Crippen molar-refractivity contribution >= 4 is 35.0 Å². The summed E-state index contributed by atoms with van der Waals surface area (Å²) in [7, 11) is 0. The highest BCUT2D eigenvalue weighted by Gasteiger charge is 2.07. The van der Waals surface area contributed by atoms with Crippen LogP contribution in [0.25, 0.3) is 0 Å². The van der Waals surface area contributed by atoms with E-state index < -0.39 is 0 Å². The predicted molar refractivity (Wildman–Crippen MR) is 108 cm³/mol. The van der Waals surface area contributed by atoms with E-state index >= 15 is 0 Å². The normalized spacial score (nSPS) is 11.6. The Morgan fingerprint density at radius 2 is 1.92 bits per heavy atom. The van der Waals surface area contributed by atoms with Crippen LogP contribution in [0.4, 0.5) is 0 Å². The molecule has 0 aliphatic rings. The minimum atomic E-state index is -0.189. The maximum absolute atomic E-state index is 12.1. The first-order chi connectivity index (χ1) is 11.6. The van der Waals surface area contributed by atoms with Gasteiger partial charge in [-0.15, -0.1) is 0 Å². The van der Waals surface area contributed by atoms with Gasteiger partial charge in [0.1, 0.15) is 0 Å². The molecule has 4 nitrogen and oxygen atoms in total. The van der Waals surface area contributed by atoms with Crippen LogP contribution in [-0.2, 0) is 5.75 Å². The monoisotopic (exact) mass is 367 g/mol. The lowest BCUT2D eigenvalue weighted by Crippen LogP contribution is -2.47. The van der Waals surface area contributed by atoms with Gasteiger partial charge in [-0.1, -0.05) is 45.2 Å². The van der Waals surface area contributed by atoms with Gasteiger partial charge in [0.2, 0.25) is 0 Å². The molecule has 1 aromatic rings. The number of carbonyl (C=O) groups excluding carboxylic acids is 1. The molecule has 0 bridgehead atoms. The van der Waals surface area contributed by atoms with Gasteiger partial charge in [-0.3, -0.25) is 15.6 Å². The Morgan fingerprint density at radius 1 is 1.21 bits per heavy atom. The summed E-state index contributed by atoms with van der Waals surface area (Å²) < 4.78 is 0. The molecule has 0 unspecified atom stereocenters. The summed E-state index contributed by atoms with van der Waals surface area (Å²) in [6, 6.07) is 7.60. The van der Waals surface area contributed by atoms with E-state index in [0.717, 1.165) is 12.3 Å². The number of nitrogens with one attached hydrogen (secondary N) is 3. The smallest absolute Gasteiger partial charge is 0.269 e. The summed E-state index contributed by atoms with van der Waals surface area (Å²) in [5.41, 5.74) is 7.21. The van der Waals surface area contributed by atoms with Crippen LogP contribution in [0.3, 0.4) is 0 Å². The number of thioether (sulfide) groups is 1. The standard InChI is InChI=1S/C18H29N3OS2/c1-4-5-6-7-14(2)12-19-18(23)21-20-17(22)16-10-8-15(9-11-16)13-24-3/h8-11,14H,4-7,12-13H2,1-3H3,(H,20,22)(H2,19,21,23)/t14-/m0/s1. The zero-order valence-electron chi connectivity index (χ0n) is 14.9. The Labute approximate surface area is 155 Å². The molecule has 0 spiro atoms. The highest BCUT2D eigenvalue weighted by molar-refractivity contribution is 7.97. The Bertz CT molecular complexity index is 505. The number of carbonyl (C=O) groups is 1. The number of thiocarbonyl (C=S) groups is 1. The fraction of sp³-hybridized carbons (Fsp3) is 0.556. The molecular weight excluding hydrogens is 338 g/mol. The van der Waals surface area contributed by atoms with Crippen molar-refractivity contribution in [3.05, 3.63) is 35.4 Å². The van der Waals surface area contributed by atoms with Crippen LogP contribution in [0.15, 0.2) is 24.3 Å². The molecule has 0 aromatic heterocycles. The van der Waals surface area contributed by atoms with Crippen LogP contribution < -0.4 is 16.2 Å². The van der Waals surface area contributed by atoms with Crippen molar-refractivity contribution in [3.63, 3.8) is 0 Å². The van der Waals surface area contributed by atoms with Crippen molar-refractivity contribution in [2.24, 2.45) is 5.92 Å². The molecule has 0 heterocycles. The van der Waals surface area contributed by atoms with Gasteiger partial charge in [0.25, 0.3) is 5.91 Å². The third-order valence-corrected chi connectivity index (χ3v) is 4.60. The van der Waals surface area contributed by atoms with Crippen LogP contribution >= 0.6 is 24.0 Å². The van der Waals surface area contributed by atoms with Crippen molar-refractivity contribution in [2.75, 3.05) is 12.8 Å². The molecule has 0 saturated heterocycles. The molecule has 134 valence electrons. The maximum Gasteiger partial charge on any atom is 0.269 e. The molecule has 3 N–H and O–H groups in total. The minimum Gasteiger partial charge on any atom is -0.361 e. The molecule has 0 saturated carbocycles. The third kappa shape index (κ3) is 8.55. The van der Waals surface area contributed by atoms with Gasteiger partial charge in [-0.25, -0.2) is 0 Å². The molecule has 1 aromatic carbocycles.